The summed E-state index contributed by atoms with van der Waals surface area (Å²) in [5, 5.41) is 0. The largest absolute Gasteiger partial charge is 0.324 e. The lowest BCUT2D eigenvalue weighted by molar-refractivity contribution is 0.250. The minimum absolute atomic E-state index is 0.106. The molecular formula is C11H13F3N2O2S. The summed E-state index contributed by atoms with van der Waals surface area (Å²) in [5.41, 5.74) is 5.15. The SMILES string of the molecule is NC1(CNS(=O)(=O)c2c(F)cc(F)cc2F)CCC1. The number of hydrogen-bond acceptors (Lipinski definition) is 3. The zero-order chi connectivity index (χ0) is 14.3. The van der Waals surface area contributed by atoms with Crippen molar-refractivity contribution in [3.63, 3.8) is 0 Å². The fourth-order valence-electron chi connectivity index (χ4n) is 1.90. The third-order valence-corrected chi connectivity index (χ3v) is 4.65. The van der Waals surface area contributed by atoms with Crippen LogP contribution in [0.15, 0.2) is 17.0 Å². The van der Waals surface area contributed by atoms with E-state index in [1.54, 1.807) is 0 Å². The Kier molecular flexibility index (Phi) is 3.59. The zero-order valence-corrected chi connectivity index (χ0v) is 10.7. The van der Waals surface area contributed by atoms with Gasteiger partial charge in [-0.25, -0.2) is 26.3 Å². The van der Waals surface area contributed by atoms with Crippen LogP contribution in [0.5, 0.6) is 0 Å². The summed E-state index contributed by atoms with van der Waals surface area (Å²) in [6, 6.07) is 0.637. The van der Waals surface area contributed by atoms with Gasteiger partial charge in [-0.15, -0.1) is 0 Å². The highest BCUT2D eigenvalue weighted by atomic mass is 32.2. The smallest absolute Gasteiger partial charge is 0.246 e. The average molecular weight is 294 g/mol. The number of hydrogen-bond donors (Lipinski definition) is 2. The average Bonchev–Trinajstić information content (AvgIpc) is 2.22. The summed E-state index contributed by atoms with van der Waals surface area (Å²) in [7, 11) is -4.39. The van der Waals surface area contributed by atoms with E-state index in [0.29, 0.717) is 25.0 Å². The molecule has 0 atom stereocenters. The second-order valence-electron chi connectivity index (χ2n) is 4.74. The Morgan fingerprint density at radius 2 is 1.74 bits per heavy atom. The number of nitrogens with one attached hydrogen (secondary N) is 1. The van der Waals surface area contributed by atoms with Crippen molar-refractivity contribution >= 4 is 10.0 Å². The molecule has 2 rings (SSSR count). The lowest BCUT2D eigenvalue weighted by atomic mass is 9.78. The quantitative estimate of drug-likeness (QED) is 0.878. The third-order valence-electron chi connectivity index (χ3n) is 3.20. The normalized spacial score (nSPS) is 18.1. The molecule has 0 amide bonds. The highest BCUT2D eigenvalue weighted by Crippen LogP contribution is 2.29. The molecule has 0 aromatic heterocycles. The van der Waals surface area contributed by atoms with Gasteiger partial charge >= 0.3 is 0 Å². The van der Waals surface area contributed by atoms with Gasteiger partial charge in [0.05, 0.1) is 0 Å². The van der Waals surface area contributed by atoms with E-state index in [0.717, 1.165) is 6.42 Å². The van der Waals surface area contributed by atoms with Gasteiger partial charge in [0.15, 0.2) is 4.90 Å². The molecule has 0 heterocycles. The molecule has 1 aliphatic rings. The molecule has 0 saturated heterocycles. The molecule has 19 heavy (non-hydrogen) atoms. The molecule has 0 unspecified atom stereocenters. The van der Waals surface area contributed by atoms with Crippen LogP contribution in [0, 0.1) is 17.5 Å². The van der Waals surface area contributed by atoms with Gasteiger partial charge in [0.2, 0.25) is 10.0 Å². The van der Waals surface area contributed by atoms with Crippen LogP contribution in [-0.4, -0.2) is 20.5 Å². The number of nitrogens with two attached hydrogens (primary N) is 1. The van der Waals surface area contributed by atoms with Gasteiger partial charge in [0, 0.05) is 24.2 Å². The second-order valence-corrected chi connectivity index (χ2v) is 6.44. The van der Waals surface area contributed by atoms with Gasteiger partial charge in [-0.2, -0.15) is 0 Å². The first-order valence-electron chi connectivity index (χ1n) is 5.67. The van der Waals surface area contributed by atoms with E-state index in [4.69, 9.17) is 5.73 Å². The molecular weight excluding hydrogens is 281 g/mol. The van der Waals surface area contributed by atoms with Crippen molar-refractivity contribution in [1.29, 1.82) is 0 Å². The predicted molar refractivity (Wildman–Crippen MR) is 62.3 cm³/mol. The predicted octanol–water partition coefficient (Wildman–Crippen LogP) is 1.26. The monoisotopic (exact) mass is 294 g/mol. The van der Waals surface area contributed by atoms with E-state index in [-0.39, 0.29) is 6.54 Å². The van der Waals surface area contributed by atoms with Crippen LogP contribution < -0.4 is 10.5 Å². The van der Waals surface area contributed by atoms with E-state index in [9.17, 15) is 21.6 Å². The van der Waals surface area contributed by atoms with Gasteiger partial charge in [0.1, 0.15) is 17.5 Å². The first-order chi connectivity index (χ1) is 8.73. The maximum Gasteiger partial charge on any atom is 0.246 e. The van der Waals surface area contributed by atoms with Crippen molar-refractivity contribution < 1.29 is 21.6 Å². The van der Waals surface area contributed by atoms with Crippen LogP contribution in [0.1, 0.15) is 19.3 Å². The van der Waals surface area contributed by atoms with Gasteiger partial charge in [-0.05, 0) is 19.3 Å². The summed E-state index contributed by atoms with van der Waals surface area (Å²) in [6.45, 7) is -0.106. The Bertz CT molecular complexity index is 577. The van der Waals surface area contributed by atoms with Crippen molar-refractivity contribution in [3.05, 3.63) is 29.6 Å². The standard InChI is InChI=1S/C11H13F3N2O2S/c12-7-4-8(13)10(9(14)5-7)19(17,18)16-6-11(15)2-1-3-11/h4-5,16H,1-3,6,15H2. The molecule has 1 aromatic carbocycles. The lowest BCUT2D eigenvalue weighted by Gasteiger charge is -2.38. The first-order valence-corrected chi connectivity index (χ1v) is 7.15. The summed E-state index contributed by atoms with van der Waals surface area (Å²) < 4.78 is 65.2. The highest BCUT2D eigenvalue weighted by Gasteiger charge is 2.35. The van der Waals surface area contributed by atoms with Crippen molar-refractivity contribution in [2.24, 2.45) is 5.73 Å². The number of halogens is 3. The fraction of sp³-hybridized carbons (Fsp3) is 0.455. The van der Waals surface area contributed by atoms with E-state index in [1.807, 2.05) is 0 Å². The molecule has 0 bridgehead atoms. The van der Waals surface area contributed by atoms with E-state index in [2.05, 4.69) is 4.72 Å². The second kappa shape index (κ2) is 4.77. The van der Waals surface area contributed by atoms with Crippen molar-refractivity contribution in [2.75, 3.05) is 6.54 Å². The van der Waals surface area contributed by atoms with Crippen LogP contribution in [0.4, 0.5) is 13.2 Å². The zero-order valence-electron chi connectivity index (χ0n) is 9.92. The molecule has 1 aliphatic carbocycles. The topological polar surface area (TPSA) is 72.2 Å². The van der Waals surface area contributed by atoms with Crippen molar-refractivity contribution in [2.45, 2.75) is 29.7 Å². The molecule has 1 aromatic rings. The van der Waals surface area contributed by atoms with Crippen LogP contribution >= 0.6 is 0 Å². The molecule has 3 N–H and O–H groups in total. The third kappa shape index (κ3) is 2.90. The van der Waals surface area contributed by atoms with Gasteiger partial charge in [-0.3, -0.25) is 0 Å². The Hall–Kier alpha value is -1.12. The minimum atomic E-state index is -4.39. The summed E-state index contributed by atoms with van der Waals surface area (Å²) in [4.78, 5) is -1.18. The van der Waals surface area contributed by atoms with Gasteiger partial charge < -0.3 is 5.73 Å². The molecule has 0 spiro atoms. The number of sulfonamides is 1. The molecule has 1 saturated carbocycles. The van der Waals surface area contributed by atoms with Gasteiger partial charge in [-0.1, -0.05) is 0 Å². The number of rotatable bonds is 4. The Balaban J connectivity index is 2.24. The molecule has 1 fully saturated rings. The maximum absolute atomic E-state index is 13.4. The highest BCUT2D eigenvalue weighted by molar-refractivity contribution is 7.89. The van der Waals surface area contributed by atoms with E-state index >= 15 is 0 Å². The maximum atomic E-state index is 13.4. The summed E-state index contributed by atoms with van der Waals surface area (Å²) >= 11 is 0. The molecule has 8 heteroatoms. The lowest BCUT2D eigenvalue weighted by Crippen LogP contribution is -2.54. The summed E-state index contributed by atoms with van der Waals surface area (Å²) in [6.07, 6.45) is 2.17. The number of benzene rings is 1. The van der Waals surface area contributed by atoms with Crippen LogP contribution in [0.3, 0.4) is 0 Å². The van der Waals surface area contributed by atoms with Crippen LogP contribution in [-0.2, 0) is 10.0 Å². The Morgan fingerprint density at radius 3 is 2.16 bits per heavy atom. The van der Waals surface area contributed by atoms with Crippen LogP contribution in [0.25, 0.3) is 0 Å². The van der Waals surface area contributed by atoms with E-state index in [1.165, 1.54) is 0 Å². The minimum Gasteiger partial charge on any atom is -0.324 e. The first kappa shape index (κ1) is 14.3. The van der Waals surface area contributed by atoms with Gasteiger partial charge in [0.25, 0.3) is 0 Å². The van der Waals surface area contributed by atoms with Crippen LogP contribution in [0.2, 0.25) is 0 Å². The Morgan fingerprint density at radius 1 is 1.21 bits per heavy atom. The summed E-state index contributed by atoms with van der Waals surface area (Å²) in [5.74, 6) is -4.11. The van der Waals surface area contributed by atoms with Crippen molar-refractivity contribution in [3.8, 4) is 0 Å². The molecule has 106 valence electrons. The van der Waals surface area contributed by atoms with Crippen molar-refractivity contribution in [1.82, 2.24) is 4.72 Å². The fourth-order valence-corrected chi connectivity index (χ4v) is 3.16. The molecule has 0 aliphatic heterocycles. The Labute approximate surface area is 108 Å². The molecule has 0 radical (unpaired) electrons. The van der Waals surface area contributed by atoms with E-state index < -0.39 is 37.9 Å². The molecule has 4 nitrogen and oxygen atoms in total.